The molecule has 0 aliphatic rings. The molecule has 0 heterocycles. The molecule has 0 bridgehead atoms. The van der Waals surface area contributed by atoms with Crippen LogP contribution in [-0.4, -0.2) is 30.9 Å². The summed E-state index contributed by atoms with van der Waals surface area (Å²) in [6, 6.07) is 6.29. The molecule has 21 heavy (non-hydrogen) atoms. The molecule has 114 valence electrons. The minimum Gasteiger partial charge on any atom is -0.481 e. The molecule has 1 rings (SSSR count). The van der Waals surface area contributed by atoms with E-state index in [2.05, 4.69) is 0 Å². The van der Waals surface area contributed by atoms with Crippen molar-refractivity contribution in [3.8, 4) is 5.75 Å². The molecule has 0 aliphatic carbocycles. The van der Waals surface area contributed by atoms with Crippen LogP contribution in [0.15, 0.2) is 24.3 Å². The lowest BCUT2D eigenvalue weighted by molar-refractivity contribution is -0.151. The first kappa shape index (κ1) is 16.7. The molecule has 0 saturated heterocycles. The smallest absolute Gasteiger partial charge is 0.344 e. The number of rotatable bonds is 6. The SMILES string of the molecule is CC(C)(C)C(=O)COC(=O)COc1ccccc1C(N)=O. The Labute approximate surface area is 123 Å². The zero-order valence-electron chi connectivity index (χ0n) is 12.3. The van der Waals surface area contributed by atoms with Crippen molar-refractivity contribution in [2.45, 2.75) is 20.8 Å². The fourth-order valence-electron chi connectivity index (χ4n) is 1.34. The van der Waals surface area contributed by atoms with Crippen molar-refractivity contribution in [1.29, 1.82) is 0 Å². The minimum atomic E-state index is -0.688. The highest BCUT2D eigenvalue weighted by molar-refractivity contribution is 5.95. The van der Waals surface area contributed by atoms with Gasteiger partial charge in [-0.3, -0.25) is 9.59 Å². The molecule has 0 aromatic heterocycles. The van der Waals surface area contributed by atoms with Crippen LogP contribution in [0.3, 0.4) is 0 Å². The van der Waals surface area contributed by atoms with Gasteiger partial charge in [0, 0.05) is 5.41 Å². The van der Waals surface area contributed by atoms with E-state index in [9.17, 15) is 14.4 Å². The third-order valence-electron chi connectivity index (χ3n) is 2.70. The molecule has 0 unspecified atom stereocenters. The first-order chi connectivity index (χ1) is 9.71. The van der Waals surface area contributed by atoms with E-state index in [0.29, 0.717) is 0 Å². The summed E-state index contributed by atoms with van der Waals surface area (Å²) >= 11 is 0. The Morgan fingerprint density at radius 2 is 1.71 bits per heavy atom. The minimum absolute atomic E-state index is 0.177. The Morgan fingerprint density at radius 1 is 1.10 bits per heavy atom. The fourth-order valence-corrected chi connectivity index (χ4v) is 1.34. The average molecular weight is 293 g/mol. The number of esters is 1. The Morgan fingerprint density at radius 3 is 2.29 bits per heavy atom. The number of carbonyl (C=O) groups excluding carboxylic acids is 3. The van der Waals surface area contributed by atoms with Gasteiger partial charge in [0.05, 0.1) is 5.56 Å². The topological polar surface area (TPSA) is 95.7 Å². The molecule has 0 fully saturated rings. The zero-order chi connectivity index (χ0) is 16.0. The quantitative estimate of drug-likeness (QED) is 0.798. The van der Waals surface area contributed by atoms with Gasteiger partial charge in [0.25, 0.3) is 5.91 Å². The molecular weight excluding hydrogens is 274 g/mol. The first-order valence-electron chi connectivity index (χ1n) is 6.42. The number of amides is 1. The Kier molecular flexibility index (Phi) is 5.46. The molecule has 0 saturated carbocycles. The third-order valence-corrected chi connectivity index (χ3v) is 2.70. The van der Waals surface area contributed by atoms with Gasteiger partial charge in [-0.25, -0.2) is 4.79 Å². The van der Waals surface area contributed by atoms with Crippen molar-refractivity contribution in [3.63, 3.8) is 0 Å². The molecule has 1 amide bonds. The van der Waals surface area contributed by atoms with Gasteiger partial charge >= 0.3 is 5.97 Å². The summed E-state index contributed by atoms with van der Waals surface area (Å²) in [4.78, 5) is 34.3. The molecule has 0 atom stereocenters. The lowest BCUT2D eigenvalue weighted by Crippen LogP contribution is -2.28. The van der Waals surface area contributed by atoms with Crippen molar-refractivity contribution in [1.82, 2.24) is 0 Å². The highest BCUT2D eigenvalue weighted by Crippen LogP contribution is 2.17. The monoisotopic (exact) mass is 293 g/mol. The van der Waals surface area contributed by atoms with Crippen molar-refractivity contribution >= 4 is 17.7 Å². The molecule has 6 heteroatoms. The van der Waals surface area contributed by atoms with E-state index < -0.39 is 23.9 Å². The van der Waals surface area contributed by atoms with Crippen LogP contribution in [-0.2, 0) is 14.3 Å². The van der Waals surface area contributed by atoms with Gasteiger partial charge in [-0.05, 0) is 12.1 Å². The largest absolute Gasteiger partial charge is 0.481 e. The van der Waals surface area contributed by atoms with E-state index in [0.717, 1.165) is 0 Å². The summed E-state index contributed by atoms with van der Waals surface area (Å²) in [6.07, 6.45) is 0. The van der Waals surface area contributed by atoms with Crippen molar-refractivity contribution in [2.75, 3.05) is 13.2 Å². The number of carbonyl (C=O) groups is 3. The molecule has 1 aromatic carbocycles. The maximum Gasteiger partial charge on any atom is 0.344 e. The Balaban J connectivity index is 2.51. The van der Waals surface area contributed by atoms with Crippen LogP contribution in [0.1, 0.15) is 31.1 Å². The number of Topliss-reactive ketones (excluding diaryl/α,β-unsaturated/α-hetero) is 1. The molecule has 1 aromatic rings. The number of hydrogen-bond acceptors (Lipinski definition) is 5. The number of benzene rings is 1. The maximum atomic E-state index is 11.6. The van der Waals surface area contributed by atoms with Crippen molar-refractivity contribution in [2.24, 2.45) is 11.1 Å². The Bertz CT molecular complexity index is 545. The second kappa shape index (κ2) is 6.88. The van der Waals surface area contributed by atoms with Crippen LogP contribution in [0.5, 0.6) is 5.75 Å². The third kappa shape index (κ3) is 5.25. The first-order valence-corrected chi connectivity index (χ1v) is 6.42. The molecule has 0 aliphatic heterocycles. The van der Waals surface area contributed by atoms with E-state index in [4.69, 9.17) is 15.2 Å². The maximum absolute atomic E-state index is 11.6. The van der Waals surface area contributed by atoms with E-state index in [1.807, 2.05) is 0 Å². The number of ketones is 1. The Hall–Kier alpha value is -2.37. The molecule has 6 nitrogen and oxygen atoms in total. The summed E-state index contributed by atoms with van der Waals surface area (Å²) in [5, 5.41) is 0. The van der Waals surface area contributed by atoms with E-state index in [-0.39, 0.29) is 23.7 Å². The summed E-state index contributed by atoms with van der Waals surface area (Å²) < 4.78 is 10.0. The number of ether oxygens (including phenoxy) is 2. The number of hydrogen-bond donors (Lipinski definition) is 1. The van der Waals surface area contributed by atoms with Gasteiger partial charge < -0.3 is 15.2 Å². The van der Waals surface area contributed by atoms with E-state index >= 15 is 0 Å². The second-order valence-electron chi connectivity index (χ2n) is 5.48. The predicted octanol–water partition coefficient (Wildman–Crippen LogP) is 1.32. The van der Waals surface area contributed by atoms with E-state index in [1.54, 1.807) is 32.9 Å². The summed E-state index contributed by atoms with van der Waals surface area (Å²) in [5.74, 6) is -1.33. The van der Waals surface area contributed by atoms with Crippen LogP contribution in [0.4, 0.5) is 0 Å². The van der Waals surface area contributed by atoms with Crippen LogP contribution in [0, 0.1) is 5.41 Å². The van der Waals surface area contributed by atoms with Gasteiger partial charge in [-0.1, -0.05) is 32.9 Å². The number of para-hydroxylation sites is 1. The average Bonchev–Trinajstić information content (AvgIpc) is 2.41. The van der Waals surface area contributed by atoms with Gasteiger partial charge in [0.15, 0.2) is 19.0 Å². The molecule has 2 N–H and O–H groups in total. The fraction of sp³-hybridized carbons (Fsp3) is 0.400. The summed E-state index contributed by atoms with van der Waals surface area (Å²) in [7, 11) is 0. The van der Waals surface area contributed by atoms with Crippen LogP contribution in [0.2, 0.25) is 0 Å². The normalized spacial score (nSPS) is 10.8. The summed E-state index contributed by atoms with van der Waals surface area (Å²) in [6.45, 7) is 4.51. The molecule has 0 spiro atoms. The lowest BCUT2D eigenvalue weighted by atomic mass is 9.91. The van der Waals surface area contributed by atoms with Gasteiger partial charge in [-0.2, -0.15) is 0 Å². The van der Waals surface area contributed by atoms with Gasteiger partial charge in [0.1, 0.15) is 5.75 Å². The predicted molar refractivity (Wildman–Crippen MR) is 75.9 cm³/mol. The highest BCUT2D eigenvalue weighted by Gasteiger charge is 2.22. The highest BCUT2D eigenvalue weighted by atomic mass is 16.6. The number of nitrogens with two attached hydrogens (primary N) is 1. The van der Waals surface area contributed by atoms with Crippen LogP contribution in [0.25, 0.3) is 0 Å². The standard InChI is InChI=1S/C15H19NO5/c1-15(2,3)12(17)8-21-13(18)9-20-11-7-5-4-6-10(11)14(16)19/h4-7H,8-9H2,1-3H3,(H2,16,19). The number of primary amides is 1. The second-order valence-corrected chi connectivity index (χ2v) is 5.48. The van der Waals surface area contributed by atoms with Crippen molar-refractivity contribution in [3.05, 3.63) is 29.8 Å². The zero-order valence-corrected chi connectivity index (χ0v) is 12.3. The van der Waals surface area contributed by atoms with E-state index in [1.165, 1.54) is 12.1 Å². The summed E-state index contributed by atoms with van der Waals surface area (Å²) in [5.41, 5.74) is 4.79. The van der Waals surface area contributed by atoms with Gasteiger partial charge in [0.2, 0.25) is 0 Å². The molecular formula is C15H19NO5. The van der Waals surface area contributed by atoms with Crippen molar-refractivity contribution < 1.29 is 23.9 Å². The van der Waals surface area contributed by atoms with Gasteiger partial charge in [-0.15, -0.1) is 0 Å². The van der Waals surface area contributed by atoms with Crippen LogP contribution >= 0.6 is 0 Å². The van der Waals surface area contributed by atoms with Crippen LogP contribution < -0.4 is 10.5 Å². The molecule has 0 radical (unpaired) electrons. The lowest BCUT2D eigenvalue weighted by Gasteiger charge is -2.16.